The smallest absolute Gasteiger partial charge is 0.312 e. The lowest BCUT2D eigenvalue weighted by Crippen LogP contribution is -2.48. The zero-order valence-corrected chi connectivity index (χ0v) is 13.7. The van der Waals surface area contributed by atoms with Crippen molar-refractivity contribution in [3.8, 4) is 0 Å². The molecule has 0 saturated carbocycles. The summed E-state index contributed by atoms with van der Waals surface area (Å²) in [5.74, 6) is 0.570. The van der Waals surface area contributed by atoms with E-state index < -0.39 is 12.1 Å². The van der Waals surface area contributed by atoms with Crippen molar-refractivity contribution in [2.24, 2.45) is 5.73 Å². The number of halogens is 1. The number of primary amides is 1. The standard InChI is InChI=1S/C11H16BrN3O2S2/c1-18-5-4-8(15-11(13)17)10(16)14-6-7-2-3-9(12)19-7/h2-3,8H,4-6H2,1H3,(H,14,16)(H3,13,15,17)/t8-/m0/s1. The lowest BCUT2D eigenvalue weighted by atomic mass is 10.2. The summed E-state index contributed by atoms with van der Waals surface area (Å²) in [4.78, 5) is 23.9. The molecule has 19 heavy (non-hydrogen) atoms. The average molecular weight is 366 g/mol. The van der Waals surface area contributed by atoms with Crippen molar-refractivity contribution in [3.05, 3.63) is 20.8 Å². The monoisotopic (exact) mass is 365 g/mol. The van der Waals surface area contributed by atoms with Crippen LogP contribution in [0.5, 0.6) is 0 Å². The van der Waals surface area contributed by atoms with E-state index in [1.54, 1.807) is 23.1 Å². The molecule has 1 heterocycles. The van der Waals surface area contributed by atoms with Crippen LogP contribution in [0, 0.1) is 0 Å². The van der Waals surface area contributed by atoms with Gasteiger partial charge in [0.25, 0.3) is 0 Å². The van der Waals surface area contributed by atoms with Gasteiger partial charge in [-0.05, 0) is 46.5 Å². The second-order valence-electron chi connectivity index (χ2n) is 3.77. The number of thioether (sulfide) groups is 1. The fraction of sp³-hybridized carbons (Fsp3) is 0.455. The van der Waals surface area contributed by atoms with E-state index in [4.69, 9.17) is 5.73 Å². The normalized spacial score (nSPS) is 11.9. The van der Waals surface area contributed by atoms with Gasteiger partial charge in [-0.1, -0.05) is 0 Å². The van der Waals surface area contributed by atoms with Crippen LogP contribution in [0.15, 0.2) is 15.9 Å². The summed E-state index contributed by atoms with van der Waals surface area (Å²) < 4.78 is 1.02. The molecule has 1 aromatic rings. The Hall–Kier alpha value is -0.730. The minimum Gasteiger partial charge on any atom is -0.352 e. The van der Waals surface area contributed by atoms with E-state index in [9.17, 15) is 9.59 Å². The molecule has 0 fully saturated rings. The van der Waals surface area contributed by atoms with Crippen molar-refractivity contribution in [2.45, 2.75) is 19.0 Å². The summed E-state index contributed by atoms with van der Waals surface area (Å²) >= 11 is 6.54. The van der Waals surface area contributed by atoms with E-state index in [1.807, 2.05) is 18.4 Å². The van der Waals surface area contributed by atoms with Gasteiger partial charge >= 0.3 is 6.03 Å². The number of nitrogens with one attached hydrogen (secondary N) is 2. The van der Waals surface area contributed by atoms with E-state index in [0.29, 0.717) is 13.0 Å². The Morgan fingerprint density at radius 3 is 2.79 bits per heavy atom. The molecule has 0 unspecified atom stereocenters. The maximum Gasteiger partial charge on any atom is 0.312 e. The van der Waals surface area contributed by atoms with E-state index in [1.165, 1.54) is 0 Å². The summed E-state index contributed by atoms with van der Waals surface area (Å²) in [6.07, 6.45) is 2.51. The van der Waals surface area contributed by atoms with Gasteiger partial charge in [-0.15, -0.1) is 11.3 Å². The van der Waals surface area contributed by atoms with Gasteiger partial charge in [-0.25, -0.2) is 4.79 Å². The second-order valence-corrected chi connectivity index (χ2v) is 7.30. The van der Waals surface area contributed by atoms with Gasteiger partial charge in [0.2, 0.25) is 5.91 Å². The minimum absolute atomic E-state index is 0.211. The molecule has 0 spiro atoms. The molecule has 1 aromatic heterocycles. The summed E-state index contributed by atoms with van der Waals surface area (Å²) in [5.41, 5.74) is 5.07. The summed E-state index contributed by atoms with van der Waals surface area (Å²) in [6.45, 7) is 0.450. The molecule has 0 saturated heterocycles. The predicted molar refractivity (Wildman–Crippen MR) is 83.4 cm³/mol. The SMILES string of the molecule is CSCC[C@H](NC(N)=O)C(=O)NCc1ccc(Br)s1. The van der Waals surface area contributed by atoms with E-state index >= 15 is 0 Å². The lowest BCUT2D eigenvalue weighted by molar-refractivity contribution is -0.123. The number of amides is 3. The number of rotatable bonds is 7. The van der Waals surface area contributed by atoms with Crippen molar-refractivity contribution >= 4 is 51.0 Å². The topological polar surface area (TPSA) is 84.2 Å². The number of carbonyl (C=O) groups is 2. The number of thiophene rings is 1. The molecular weight excluding hydrogens is 350 g/mol. The summed E-state index contributed by atoms with van der Waals surface area (Å²) in [5, 5.41) is 5.26. The van der Waals surface area contributed by atoms with Crippen molar-refractivity contribution in [2.75, 3.05) is 12.0 Å². The van der Waals surface area contributed by atoms with Crippen LogP contribution in [-0.4, -0.2) is 30.0 Å². The molecule has 0 bridgehead atoms. The number of hydrogen-bond acceptors (Lipinski definition) is 4. The minimum atomic E-state index is -0.680. The molecule has 4 N–H and O–H groups in total. The Kier molecular flexibility index (Phi) is 7.25. The van der Waals surface area contributed by atoms with Gasteiger partial charge in [0, 0.05) is 4.88 Å². The summed E-state index contributed by atoms with van der Waals surface area (Å²) in [7, 11) is 0. The van der Waals surface area contributed by atoms with E-state index in [0.717, 1.165) is 14.4 Å². The van der Waals surface area contributed by atoms with E-state index in [-0.39, 0.29) is 5.91 Å². The zero-order valence-electron chi connectivity index (χ0n) is 10.4. The Labute approximate surface area is 128 Å². The molecule has 5 nitrogen and oxygen atoms in total. The van der Waals surface area contributed by atoms with Crippen LogP contribution in [0.2, 0.25) is 0 Å². The van der Waals surface area contributed by atoms with Gasteiger partial charge in [-0.3, -0.25) is 4.79 Å². The Balaban J connectivity index is 2.48. The third kappa shape index (κ3) is 6.31. The van der Waals surface area contributed by atoms with Crippen LogP contribution in [-0.2, 0) is 11.3 Å². The van der Waals surface area contributed by atoms with Crippen LogP contribution in [0.4, 0.5) is 4.79 Å². The number of urea groups is 1. The number of hydrogen-bond donors (Lipinski definition) is 3. The van der Waals surface area contributed by atoms with Gasteiger partial charge in [-0.2, -0.15) is 11.8 Å². The van der Waals surface area contributed by atoms with Crippen LogP contribution >= 0.6 is 39.0 Å². The highest BCUT2D eigenvalue weighted by Crippen LogP contribution is 2.21. The molecule has 0 aromatic carbocycles. The van der Waals surface area contributed by atoms with Crippen molar-refractivity contribution in [1.29, 1.82) is 0 Å². The quantitative estimate of drug-likeness (QED) is 0.689. The van der Waals surface area contributed by atoms with Gasteiger partial charge in [0.15, 0.2) is 0 Å². The second kappa shape index (κ2) is 8.44. The maximum atomic E-state index is 12.0. The first-order chi connectivity index (χ1) is 9.02. The van der Waals surface area contributed by atoms with Crippen molar-refractivity contribution < 1.29 is 9.59 Å². The molecular formula is C11H16BrN3O2S2. The molecule has 0 radical (unpaired) electrons. The van der Waals surface area contributed by atoms with Crippen LogP contribution < -0.4 is 16.4 Å². The highest BCUT2D eigenvalue weighted by atomic mass is 79.9. The fourth-order valence-electron chi connectivity index (χ4n) is 1.42. The van der Waals surface area contributed by atoms with Crippen molar-refractivity contribution in [1.82, 2.24) is 10.6 Å². The van der Waals surface area contributed by atoms with E-state index in [2.05, 4.69) is 26.6 Å². The average Bonchev–Trinajstić information content (AvgIpc) is 2.77. The maximum absolute atomic E-state index is 12.0. The summed E-state index contributed by atoms with van der Waals surface area (Å²) in [6, 6.07) is 2.61. The largest absolute Gasteiger partial charge is 0.352 e. The predicted octanol–water partition coefficient (Wildman–Crippen LogP) is 1.92. The molecule has 0 aliphatic carbocycles. The molecule has 1 atom stereocenters. The molecule has 8 heteroatoms. The molecule has 3 amide bonds. The Morgan fingerprint density at radius 2 is 2.26 bits per heavy atom. The van der Waals surface area contributed by atoms with Gasteiger partial charge < -0.3 is 16.4 Å². The Bertz CT molecular complexity index is 439. The van der Waals surface area contributed by atoms with Gasteiger partial charge in [0.05, 0.1) is 10.3 Å². The third-order valence-corrected chi connectivity index (χ3v) is 4.58. The molecule has 0 aliphatic heterocycles. The highest BCUT2D eigenvalue weighted by molar-refractivity contribution is 9.11. The third-order valence-electron chi connectivity index (χ3n) is 2.31. The van der Waals surface area contributed by atoms with Crippen LogP contribution in [0.25, 0.3) is 0 Å². The number of carbonyl (C=O) groups excluding carboxylic acids is 2. The Morgan fingerprint density at radius 1 is 1.53 bits per heavy atom. The first-order valence-corrected chi connectivity index (χ1v) is 8.60. The molecule has 0 aliphatic rings. The molecule has 1 rings (SSSR count). The zero-order chi connectivity index (χ0) is 14.3. The lowest BCUT2D eigenvalue weighted by Gasteiger charge is -2.16. The van der Waals surface area contributed by atoms with Crippen molar-refractivity contribution in [3.63, 3.8) is 0 Å². The number of nitrogens with two attached hydrogens (primary N) is 1. The first kappa shape index (κ1) is 16.3. The molecule has 106 valence electrons. The van der Waals surface area contributed by atoms with Crippen LogP contribution in [0.3, 0.4) is 0 Å². The highest BCUT2D eigenvalue weighted by Gasteiger charge is 2.19. The van der Waals surface area contributed by atoms with Gasteiger partial charge in [0.1, 0.15) is 6.04 Å². The fourth-order valence-corrected chi connectivity index (χ4v) is 3.31. The van der Waals surface area contributed by atoms with Crippen LogP contribution in [0.1, 0.15) is 11.3 Å². The first-order valence-electron chi connectivity index (χ1n) is 5.59.